The van der Waals surface area contributed by atoms with Crippen molar-refractivity contribution in [2.24, 2.45) is 0 Å². The Labute approximate surface area is 69.5 Å². The van der Waals surface area contributed by atoms with Crippen LogP contribution in [-0.2, 0) is 4.74 Å². The SMILES string of the molecule is COCC(O)c1ccc(Cl)o1. The molecule has 0 aromatic carbocycles. The summed E-state index contributed by atoms with van der Waals surface area (Å²) in [6.07, 6.45) is -0.729. The molecule has 1 rings (SSSR count). The molecule has 1 aromatic rings. The largest absolute Gasteiger partial charge is 0.447 e. The van der Waals surface area contributed by atoms with Gasteiger partial charge in [-0.1, -0.05) is 0 Å². The van der Waals surface area contributed by atoms with Crippen molar-refractivity contribution in [1.29, 1.82) is 0 Å². The fourth-order valence-corrected chi connectivity index (χ4v) is 0.899. The van der Waals surface area contributed by atoms with Gasteiger partial charge in [-0.25, -0.2) is 0 Å². The maximum atomic E-state index is 9.26. The summed E-state index contributed by atoms with van der Waals surface area (Å²) >= 11 is 5.49. The summed E-state index contributed by atoms with van der Waals surface area (Å²) in [5.41, 5.74) is 0. The summed E-state index contributed by atoms with van der Waals surface area (Å²) in [5, 5.41) is 9.53. The Morgan fingerprint density at radius 3 is 2.91 bits per heavy atom. The van der Waals surface area contributed by atoms with E-state index in [0.29, 0.717) is 5.76 Å². The molecule has 0 aliphatic carbocycles. The van der Waals surface area contributed by atoms with Crippen LogP contribution in [0.15, 0.2) is 16.5 Å². The van der Waals surface area contributed by atoms with Gasteiger partial charge in [0, 0.05) is 7.11 Å². The van der Waals surface area contributed by atoms with E-state index >= 15 is 0 Å². The molecule has 1 aromatic heterocycles. The van der Waals surface area contributed by atoms with E-state index in [4.69, 9.17) is 20.8 Å². The highest BCUT2D eigenvalue weighted by atomic mass is 35.5. The van der Waals surface area contributed by atoms with E-state index in [1.807, 2.05) is 0 Å². The number of rotatable bonds is 3. The highest BCUT2D eigenvalue weighted by Crippen LogP contribution is 2.19. The predicted molar refractivity (Wildman–Crippen MR) is 40.6 cm³/mol. The Kier molecular flexibility index (Phi) is 2.93. The number of ether oxygens (including phenoxy) is 1. The molecule has 1 atom stereocenters. The van der Waals surface area contributed by atoms with Crippen LogP contribution < -0.4 is 0 Å². The average molecular weight is 177 g/mol. The lowest BCUT2D eigenvalue weighted by Crippen LogP contribution is -2.03. The maximum Gasteiger partial charge on any atom is 0.193 e. The van der Waals surface area contributed by atoms with Crippen molar-refractivity contribution >= 4 is 11.6 Å². The third kappa shape index (κ3) is 2.22. The molecule has 0 aliphatic rings. The molecule has 0 aliphatic heterocycles. The molecule has 3 nitrogen and oxygen atoms in total. The summed E-state index contributed by atoms with van der Waals surface area (Å²) in [4.78, 5) is 0. The first-order valence-electron chi connectivity index (χ1n) is 3.16. The minimum Gasteiger partial charge on any atom is -0.447 e. The van der Waals surface area contributed by atoms with E-state index in [0.717, 1.165) is 0 Å². The monoisotopic (exact) mass is 176 g/mol. The molecule has 0 spiro atoms. The molecule has 1 heterocycles. The van der Waals surface area contributed by atoms with E-state index in [2.05, 4.69) is 0 Å². The number of aliphatic hydroxyl groups is 1. The first-order chi connectivity index (χ1) is 5.24. The van der Waals surface area contributed by atoms with Crippen LogP contribution in [0, 0.1) is 0 Å². The van der Waals surface area contributed by atoms with Gasteiger partial charge in [-0.05, 0) is 23.7 Å². The second-order valence-corrected chi connectivity index (χ2v) is 2.49. The fraction of sp³-hybridized carbons (Fsp3) is 0.429. The Morgan fingerprint density at radius 2 is 2.45 bits per heavy atom. The highest BCUT2D eigenvalue weighted by molar-refractivity contribution is 6.28. The quantitative estimate of drug-likeness (QED) is 0.761. The van der Waals surface area contributed by atoms with Crippen molar-refractivity contribution < 1.29 is 14.3 Å². The lowest BCUT2D eigenvalue weighted by Gasteiger charge is -2.04. The van der Waals surface area contributed by atoms with Crippen molar-refractivity contribution in [3.8, 4) is 0 Å². The molecular formula is C7H9ClO3. The third-order valence-electron chi connectivity index (χ3n) is 1.25. The van der Waals surface area contributed by atoms with Gasteiger partial charge in [0.1, 0.15) is 11.9 Å². The van der Waals surface area contributed by atoms with Gasteiger partial charge in [0.05, 0.1) is 6.61 Å². The highest BCUT2D eigenvalue weighted by Gasteiger charge is 2.10. The van der Waals surface area contributed by atoms with Crippen molar-refractivity contribution in [2.75, 3.05) is 13.7 Å². The Hall–Kier alpha value is -0.510. The number of furan rings is 1. The average Bonchev–Trinajstić information content (AvgIpc) is 2.36. The number of halogens is 1. The first-order valence-corrected chi connectivity index (χ1v) is 3.54. The Balaban J connectivity index is 2.60. The van der Waals surface area contributed by atoms with Crippen LogP contribution in [0.4, 0.5) is 0 Å². The van der Waals surface area contributed by atoms with E-state index in [1.165, 1.54) is 7.11 Å². The van der Waals surface area contributed by atoms with Crippen molar-refractivity contribution in [3.05, 3.63) is 23.1 Å². The van der Waals surface area contributed by atoms with E-state index in [9.17, 15) is 5.11 Å². The van der Waals surface area contributed by atoms with E-state index in [-0.39, 0.29) is 11.8 Å². The van der Waals surface area contributed by atoms with E-state index < -0.39 is 6.10 Å². The van der Waals surface area contributed by atoms with Crippen LogP contribution in [0.1, 0.15) is 11.9 Å². The molecule has 1 N–H and O–H groups in total. The molecule has 0 radical (unpaired) electrons. The molecule has 0 saturated heterocycles. The molecule has 0 amide bonds. The summed E-state index contributed by atoms with van der Waals surface area (Å²) in [6, 6.07) is 3.20. The van der Waals surface area contributed by atoms with Crippen LogP contribution in [0.3, 0.4) is 0 Å². The summed E-state index contributed by atoms with van der Waals surface area (Å²) < 4.78 is 9.65. The van der Waals surface area contributed by atoms with Crippen LogP contribution in [0.5, 0.6) is 0 Å². The number of aliphatic hydroxyl groups excluding tert-OH is 1. The summed E-state index contributed by atoms with van der Waals surface area (Å²) in [7, 11) is 1.51. The van der Waals surface area contributed by atoms with Crippen LogP contribution in [0.2, 0.25) is 5.22 Å². The van der Waals surface area contributed by atoms with Gasteiger partial charge in [0.25, 0.3) is 0 Å². The lowest BCUT2D eigenvalue weighted by molar-refractivity contribution is 0.0503. The third-order valence-corrected chi connectivity index (χ3v) is 1.45. The molecular weight excluding hydrogens is 168 g/mol. The van der Waals surface area contributed by atoms with Crippen LogP contribution >= 0.6 is 11.6 Å². The van der Waals surface area contributed by atoms with Gasteiger partial charge in [-0.15, -0.1) is 0 Å². The molecule has 4 heteroatoms. The fourth-order valence-electron chi connectivity index (χ4n) is 0.747. The summed E-state index contributed by atoms with van der Waals surface area (Å²) in [6.45, 7) is 0.212. The smallest absolute Gasteiger partial charge is 0.193 e. The van der Waals surface area contributed by atoms with Crippen molar-refractivity contribution in [1.82, 2.24) is 0 Å². The van der Waals surface area contributed by atoms with Gasteiger partial charge in [0.15, 0.2) is 5.22 Å². The zero-order chi connectivity index (χ0) is 8.27. The second kappa shape index (κ2) is 3.76. The van der Waals surface area contributed by atoms with Gasteiger partial charge in [-0.2, -0.15) is 0 Å². The van der Waals surface area contributed by atoms with Gasteiger partial charge < -0.3 is 14.3 Å². The van der Waals surface area contributed by atoms with Gasteiger partial charge in [0.2, 0.25) is 0 Å². The first kappa shape index (κ1) is 8.59. The van der Waals surface area contributed by atoms with Crippen molar-refractivity contribution in [2.45, 2.75) is 6.10 Å². The number of hydrogen-bond donors (Lipinski definition) is 1. The number of methoxy groups -OCH3 is 1. The molecule has 11 heavy (non-hydrogen) atoms. The molecule has 0 saturated carbocycles. The van der Waals surface area contributed by atoms with Crippen LogP contribution in [-0.4, -0.2) is 18.8 Å². The lowest BCUT2D eigenvalue weighted by atomic mass is 10.3. The number of hydrogen-bond acceptors (Lipinski definition) is 3. The van der Waals surface area contributed by atoms with Crippen LogP contribution in [0.25, 0.3) is 0 Å². The predicted octanol–water partition coefficient (Wildman–Crippen LogP) is 1.61. The molecule has 1 unspecified atom stereocenters. The van der Waals surface area contributed by atoms with Crippen molar-refractivity contribution in [3.63, 3.8) is 0 Å². The topological polar surface area (TPSA) is 42.6 Å². The molecule has 62 valence electrons. The standard InChI is InChI=1S/C7H9ClO3/c1-10-4-5(9)6-2-3-7(8)11-6/h2-3,5,9H,4H2,1H3. The minimum atomic E-state index is -0.729. The summed E-state index contributed by atoms with van der Waals surface area (Å²) in [5.74, 6) is 0.428. The van der Waals surface area contributed by atoms with Gasteiger partial charge >= 0.3 is 0 Å². The zero-order valence-corrected chi connectivity index (χ0v) is 6.84. The van der Waals surface area contributed by atoms with Gasteiger partial charge in [-0.3, -0.25) is 0 Å². The zero-order valence-electron chi connectivity index (χ0n) is 6.08. The Bertz CT molecular complexity index is 221. The minimum absolute atomic E-state index is 0.212. The second-order valence-electron chi connectivity index (χ2n) is 2.11. The maximum absolute atomic E-state index is 9.26. The molecule has 0 fully saturated rings. The molecule has 0 bridgehead atoms. The Morgan fingerprint density at radius 1 is 1.73 bits per heavy atom. The van der Waals surface area contributed by atoms with E-state index in [1.54, 1.807) is 12.1 Å². The normalized spacial score (nSPS) is 13.4.